The molecule has 0 amide bonds. The summed E-state index contributed by atoms with van der Waals surface area (Å²) in [6, 6.07) is 22.3. The molecule has 0 fully saturated rings. The molecule has 0 aliphatic carbocycles. The van der Waals surface area contributed by atoms with Crippen molar-refractivity contribution in [1.29, 1.82) is 0 Å². The van der Waals surface area contributed by atoms with Crippen molar-refractivity contribution in [3.8, 4) is 11.1 Å². The fourth-order valence-electron chi connectivity index (χ4n) is 10.6. The molecular formula is C64H68BN3O. The summed E-state index contributed by atoms with van der Waals surface area (Å²) in [5.74, 6) is 0. The van der Waals surface area contributed by atoms with Gasteiger partial charge < -0.3 is 18.7 Å². The van der Waals surface area contributed by atoms with Crippen LogP contribution in [-0.4, -0.2) is 11.3 Å². The Morgan fingerprint density at radius 3 is 1.64 bits per heavy atom. The minimum Gasteiger partial charge on any atom is -0.466 e. The highest BCUT2D eigenvalue weighted by molar-refractivity contribution is 6.89. The van der Waals surface area contributed by atoms with E-state index in [1.807, 2.05) is 12.1 Å². The molecule has 0 saturated carbocycles. The summed E-state index contributed by atoms with van der Waals surface area (Å²) < 4.78 is 101. The average molecular weight is 916 g/mol. The molecule has 2 aromatic heterocycles. The van der Waals surface area contributed by atoms with Gasteiger partial charge in [0.15, 0.2) is 0 Å². The van der Waals surface area contributed by atoms with E-state index in [-0.39, 0.29) is 44.1 Å². The van der Waals surface area contributed by atoms with Crippen LogP contribution in [0.1, 0.15) is 145 Å². The molecule has 4 nitrogen and oxygen atoms in total. The summed E-state index contributed by atoms with van der Waals surface area (Å²) in [6.45, 7) is 32.6. The Balaban J connectivity index is 1.39. The fourth-order valence-corrected chi connectivity index (χ4v) is 10.6. The summed E-state index contributed by atoms with van der Waals surface area (Å²) in [5.41, 5.74) is 12.6. The third-order valence-corrected chi connectivity index (χ3v) is 14.5. The van der Waals surface area contributed by atoms with Crippen molar-refractivity contribution < 1.29 is 18.1 Å². The van der Waals surface area contributed by atoms with Gasteiger partial charge in [-0.05, 0) is 127 Å². The predicted octanol–water partition coefficient (Wildman–Crippen LogP) is 16.9. The van der Waals surface area contributed by atoms with Crippen LogP contribution in [-0.2, 0) is 27.1 Å². The molecule has 0 bridgehead atoms. The van der Waals surface area contributed by atoms with Crippen molar-refractivity contribution in [2.45, 2.75) is 131 Å². The van der Waals surface area contributed by atoms with E-state index in [4.69, 9.17) is 12.6 Å². The van der Waals surface area contributed by atoms with Crippen LogP contribution >= 0.6 is 0 Å². The van der Waals surface area contributed by atoms with Crippen LogP contribution < -0.4 is 20.9 Å². The highest BCUT2D eigenvalue weighted by Crippen LogP contribution is 2.53. The first kappa shape index (κ1) is 34.8. The molecular weight excluding hydrogens is 838 g/mol. The Morgan fingerprint density at radius 1 is 0.522 bits per heavy atom. The first-order valence-corrected chi connectivity index (χ1v) is 24.3. The lowest BCUT2D eigenvalue weighted by Crippen LogP contribution is -2.56. The van der Waals surface area contributed by atoms with Crippen LogP contribution in [0.4, 0.5) is 34.1 Å². The average Bonchev–Trinajstić information content (AvgIpc) is 3.88. The molecule has 0 saturated heterocycles. The molecule has 69 heavy (non-hydrogen) atoms. The van der Waals surface area contributed by atoms with Gasteiger partial charge in [0.2, 0.25) is 0 Å². The minimum atomic E-state index is -0.627. The van der Waals surface area contributed by atoms with E-state index in [1.165, 1.54) is 16.0 Å². The highest BCUT2D eigenvalue weighted by Gasteiger charge is 2.48. The summed E-state index contributed by atoms with van der Waals surface area (Å²) in [6.07, 6.45) is 0. The standard InChI is InChI=1S/C64H68BN3O/c1-60(2,3)39-26-29-45(30-27-39)67-53-38-42(63(10,11)12)35-47-46-31-33-52(66(43-22-18-16-19-23-43)44-24-20-17-21-25-44)54-48-34-40(61(4,5)6)28-32-51(48)68(56(46)54)65(55(47)53)59-57(67)49-36-41(62(7,8)9)37-50(58(49)69-59)64(13,14)15/h16-38H,1-15H3/i16D,17D,18D,19D,20D,21D,22D,23D,24D,25D. The number of para-hydroxylation sites is 2. The van der Waals surface area contributed by atoms with Gasteiger partial charge in [-0.3, -0.25) is 0 Å². The number of fused-ring (bicyclic) bond motifs is 9. The molecule has 9 aromatic rings. The van der Waals surface area contributed by atoms with Gasteiger partial charge in [0.25, 0.3) is 0 Å². The second-order valence-corrected chi connectivity index (χ2v) is 24.4. The summed E-state index contributed by atoms with van der Waals surface area (Å²) in [4.78, 5) is 3.73. The molecule has 11 rings (SSSR count). The predicted molar refractivity (Wildman–Crippen MR) is 298 cm³/mol. The van der Waals surface area contributed by atoms with Crippen LogP contribution in [0.2, 0.25) is 0 Å². The first-order valence-electron chi connectivity index (χ1n) is 29.3. The van der Waals surface area contributed by atoms with Crippen molar-refractivity contribution in [2.75, 3.05) is 9.80 Å². The van der Waals surface area contributed by atoms with Crippen LogP contribution in [0, 0.1) is 0 Å². The van der Waals surface area contributed by atoms with Crippen LogP contribution in [0.3, 0.4) is 0 Å². The number of rotatable bonds is 4. The number of aromatic nitrogens is 1. The zero-order valence-corrected chi connectivity index (χ0v) is 42.8. The maximum atomic E-state index is 9.50. The van der Waals surface area contributed by atoms with Gasteiger partial charge in [0.05, 0.1) is 25.1 Å². The first-order chi connectivity index (χ1) is 36.5. The zero-order valence-electron chi connectivity index (χ0n) is 52.8. The van der Waals surface area contributed by atoms with E-state index in [1.54, 1.807) is 0 Å². The Kier molecular flexibility index (Phi) is 7.57. The SMILES string of the molecule is [2H]c1c([2H])c([2H])c(N(c2c([2H])c([2H])c([2H])c([2H])c2[2H])c2ccc3c4c2c2cc(C(C)(C)C)ccc2n4B2c4oc5c(C(C)(C)C)cc(C(C)(C)C)cc5c4N(c4ccc(C(C)(C)C)cc4)c4cc(C(C)(C)C)cc-3c42)c([2H])c1[2H]. The molecule has 0 N–H and O–H groups in total. The summed E-state index contributed by atoms with van der Waals surface area (Å²) in [7, 11) is 0. The monoisotopic (exact) mass is 916 g/mol. The van der Waals surface area contributed by atoms with E-state index in [0.717, 1.165) is 83.4 Å². The van der Waals surface area contributed by atoms with Gasteiger partial charge in [0.1, 0.15) is 11.2 Å². The molecule has 4 heterocycles. The lowest BCUT2D eigenvalue weighted by molar-refractivity contribution is 0.557. The number of furan rings is 1. The van der Waals surface area contributed by atoms with Crippen LogP contribution in [0.15, 0.2) is 144 Å². The zero-order chi connectivity index (χ0) is 57.6. The van der Waals surface area contributed by atoms with Crippen molar-refractivity contribution in [3.05, 3.63) is 167 Å². The van der Waals surface area contributed by atoms with Crippen molar-refractivity contribution in [2.24, 2.45) is 0 Å². The normalized spacial score (nSPS) is 16.0. The maximum absolute atomic E-state index is 9.50. The molecule has 0 atom stereocenters. The molecule has 0 unspecified atom stereocenters. The second kappa shape index (κ2) is 15.0. The topological polar surface area (TPSA) is 24.6 Å². The Bertz CT molecular complexity index is 3990. The molecule has 0 spiro atoms. The third-order valence-electron chi connectivity index (χ3n) is 14.5. The number of hydrogen-bond donors (Lipinski definition) is 0. The van der Waals surface area contributed by atoms with Crippen LogP contribution in [0.5, 0.6) is 0 Å². The Hall–Kier alpha value is -6.46. The number of benzene rings is 7. The largest absolute Gasteiger partial charge is 0.466 e. The van der Waals surface area contributed by atoms with Gasteiger partial charge in [-0.25, -0.2) is 0 Å². The highest BCUT2D eigenvalue weighted by atomic mass is 16.3. The van der Waals surface area contributed by atoms with Crippen molar-refractivity contribution in [3.63, 3.8) is 0 Å². The smallest absolute Gasteiger partial charge is 0.375 e. The molecule has 7 aromatic carbocycles. The number of nitrogens with zero attached hydrogens (tertiary/aromatic N) is 3. The fraction of sp³-hybridized carbons (Fsp3) is 0.312. The summed E-state index contributed by atoms with van der Waals surface area (Å²) >= 11 is 0. The molecule has 0 radical (unpaired) electrons. The van der Waals surface area contributed by atoms with Crippen molar-refractivity contribution in [1.82, 2.24) is 4.48 Å². The van der Waals surface area contributed by atoms with Gasteiger partial charge in [-0.2, -0.15) is 0 Å². The second-order valence-electron chi connectivity index (χ2n) is 24.4. The minimum absolute atomic E-state index is 0.0928. The van der Waals surface area contributed by atoms with Gasteiger partial charge in [-0.15, -0.1) is 0 Å². The van der Waals surface area contributed by atoms with E-state index >= 15 is 0 Å². The van der Waals surface area contributed by atoms with Crippen molar-refractivity contribution >= 4 is 84.9 Å². The van der Waals surface area contributed by atoms with E-state index in [9.17, 15) is 5.48 Å². The van der Waals surface area contributed by atoms with E-state index < -0.39 is 67.3 Å². The van der Waals surface area contributed by atoms with E-state index in [0.29, 0.717) is 5.39 Å². The lowest BCUT2D eigenvalue weighted by atomic mass is 9.47. The Labute approximate surface area is 425 Å². The van der Waals surface area contributed by atoms with Gasteiger partial charge in [0, 0.05) is 61.1 Å². The third kappa shape index (κ3) is 7.08. The quantitative estimate of drug-likeness (QED) is 0.164. The Morgan fingerprint density at radius 2 is 1.07 bits per heavy atom. The number of hydrogen-bond acceptors (Lipinski definition) is 3. The number of anilines is 6. The van der Waals surface area contributed by atoms with E-state index in [2.05, 4.69) is 180 Å². The van der Waals surface area contributed by atoms with Gasteiger partial charge in [-0.1, -0.05) is 177 Å². The molecule has 2 aliphatic heterocycles. The molecule has 5 heteroatoms. The lowest BCUT2D eigenvalue weighted by Gasteiger charge is -2.40. The summed E-state index contributed by atoms with van der Waals surface area (Å²) in [5, 5.41) is 2.35. The van der Waals surface area contributed by atoms with Gasteiger partial charge >= 0.3 is 6.85 Å². The molecule has 2 aliphatic rings. The van der Waals surface area contributed by atoms with Crippen LogP contribution in [0.25, 0.3) is 43.9 Å². The molecule has 348 valence electrons. The maximum Gasteiger partial charge on any atom is 0.375 e.